The summed E-state index contributed by atoms with van der Waals surface area (Å²) in [5.41, 5.74) is 3.26. The third kappa shape index (κ3) is 1.77. The zero-order chi connectivity index (χ0) is 14.4. The molecule has 0 unspecified atom stereocenters. The van der Waals surface area contributed by atoms with E-state index in [2.05, 4.69) is 10.1 Å². The van der Waals surface area contributed by atoms with E-state index in [9.17, 15) is 9.90 Å². The first-order chi connectivity index (χ1) is 9.47. The highest BCUT2D eigenvalue weighted by Crippen LogP contribution is 2.27. The monoisotopic (exact) mass is 270 g/mol. The van der Waals surface area contributed by atoms with Gasteiger partial charge in [-0.25, -0.2) is 9.78 Å². The lowest BCUT2D eigenvalue weighted by atomic mass is 10.1. The van der Waals surface area contributed by atoms with Crippen molar-refractivity contribution in [2.45, 2.75) is 6.92 Å². The third-order valence-corrected chi connectivity index (χ3v) is 3.35. The predicted molar refractivity (Wildman–Crippen MR) is 74.6 cm³/mol. The molecule has 1 N–H and O–H groups in total. The Morgan fingerprint density at radius 1 is 1.30 bits per heavy atom. The first kappa shape index (κ1) is 12.4. The van der Waals surface area contributed by atoms with Gasteiger partial charge in [-0.05, 0) is 18.6 Å². The van der Waals surface area contributed by atoms with Gasteiger partial charge in [0.2, 0.25) is 0 Å². The number of hydrogen-bond acceptors (Lipinski definition) is 3. The Balaban J connectivity index is 2.36. The molecule has 0 aliphatic carbocycles. The fourth-order valence-electron chi connectivity index (χ4n) is 2.46. The molecule has 3 rings (SSSR count). The molecule has 0 amide bonds. The number of nitrogens with zero attached hydrogens (tertiary/aromatic N) is 4. The van der Waals surface area contributed by atoms with E-state index < -0.39 is 5.97 Å². The van der Waals surface area contributed by atoms with Gasteiger partial charge >= 0.3 is 5.97 Å². The molecule has 102 valence electrons. The molecule has 0 spiro atoms. The topological polar surface area (TPSA) is 72.9 Å². The minimum absolute atomic E-state index is 0.270. The quantitative estimate of drug-likeness (QED) is 0.772. The summed E-state index contributed by atoms with van der Waals surface area (Å²) >= 11 is 0. The highest BCUT2D eigenvalue weighted by Gasteiger charge is 2.17. The van der Waals surface area contributed by atoms with Crippen LogP contribution in [0.3, 0.4) is 0 Å². The van der Waals surface area contributed by atoms with Crippen molar-refractivity contribution in [2.75, 3.05) is 0 Å². The van der Waals surface area contributed by atoms with E-state index >= 15 is 0 Å². The molecule has 6 nitrogen and oxygen atoms in total. The molecule has 0 aliphatic rings. The van der Waals surface area contributed by atoms with Crippen LogP contribution in [-0.2, 0) is 14.1 Å². The number of pyridine rings is 1. The van der Waals surface area contributed by atoms with Crippen LogP contribution in [0.25, 0.3) is 22.3 Å². The molecule has 3 heterocycles. The zero-order valence-electron chi connectivity index (χ0n) is 11.5. The highest BCUT2D eigenvalue weighted by molar-refractivity contribution is 6.04. The first-order valence-corrected chi connectivity index (χ1v) is 6.16. The lowest BCUT2D eigenvalue weighted by Gasteiger charge is -2.04. The SMILES string of the molecule is Cc1cn(C)c2nc(-c3cnn(C)c3)cc(C(=O)O)c12. The Hall–Kier alpha value is -2.63. The van der Waals surface area contributed by atoms with E-state index in [0.29, 0.717) is 16.7 Å². The van der Waals surface area contributed by atoms with Crippen LogP contribution >= 0.6 is 0 Å². The van der Waals surface area contributed by atoms with Gasteiger partial charge in [0.1, 0.15) is 5.65 Å². The highest BCUT2D eigenvalue weighted by atomic mass is 16.4. The van der Waals surface area contributed by atoms with Gasteiger partial charge in [0.05, 0.1) is 17.5 Å². The number of fused-ring (bicyclic) bond motifs is 1. The van der Waals surface area contributed by atoms with Gasteiger partial charge in [-0.3, -0.25) is 4.68 Å². The smallest absolute Gasteiger partial charge is 0.336 e. The standard InChI is InChI=1S/C14H14N4O2/c1-8-6-17(2)13-12(8)10(14(19)20)4-11(16-13)9-5-15-18(3)7-9/h4-7H,1-3H3,(H,19,20). The maximum absolute atomic E-state index is 11.5. The molecule has 3 aromatic heterocycles. The maximum Gasteiger partial charge on any atom is 0.336 e. The maximum atomic E-state index is 11.5. The second-order valence-electron chi connectivity index (χ2n) is 4.88. The molecule has 6 heteroatoms. The Morgan fingerprint density at radius 3 is 2.65 bits per heavy atom. The van der Waals surface area contributed by atoms with Crippen molar-refractivity contribution in [1.29, 1.82) is 0 Å². The molecule has 0 saturated heterocycles. The minimum Gasteiger partial charge on any atom is -0.478 e. The number of carbonyl (C=O) groups is 1. The fourth-order valence-corrected chi connectivity index (χ4v) is 2.46. The summed E-state index contributed by atoms with van der Waals surface area (Å²) < 4.78 is 3.51. The van der Waals surface area contributed by atoms with Gasteiger partial charge in [-0.1, -0.05) is 0 Å². The number of rotatable bonds is 2. The molecule has 0 bridgehead atoms. The Morgan fingerprint density at radius 2 is 2.05 bits per heavy atom. The van der Waals surface area contributed by atoms with Crippen LogP contribution in [0, 0.1) is 6.92 Å². The average Bonchev–Trinajstić information content (AvgIpc) is 2.94. The van der Waals surface area contributed by atoms with Crippen LogP contribution in [0.4, 0.5) is 0 Å². The normalized spacial score (nSPS) is 11.2. The molecule has 20 heavy (non-hydrogen) atoms. The van der Waals surface area contributed by atoms with Crippen LogP contribution in [-0.4, -0.2) is 30.4 Å². The number of hydrogen-bond donors (Lipinski definition) is 1. The van der Waals surface area contributed by atoms with Crippen LogP contribution in [0.5, 0.6) is 0 Å². The molecular formula is C14H14N4O2. The van der Waals surface area contributed by atoms with Crippen molar-refractivity contribution in [1.82, 2.24) is 19.3 Å². The van der Waals surface area contributed by atoms with Gasteiger partial charge < -0.3 is 9.67 Å². The van der Waals surface area contributed by atoms with Crippen molar-refractivity contribution < 1.29 is 9.90 Å². The van der Waals surface area contributed by atoms with E-state index in [1.54, 1.807) is 16.9 Å². The molecule has 0 atom stereocenters. The van der Waals surface area contributed by atoms with Crippen molar-refractivity contribution in [3.63, 3.8) is 0 Å². The van der Waals surface area contributed by atoms with Crippen LogP contribution in [0.1, 0.15) is 15.9 Å². The number of aromatic nitrogens is 4. The van der Waals surface area contributed by atoms with Gasteiger partial charge in [0, 0.05) is 37.4 Å². The van der Waals surface area contributed by atoms with Crippen molar-refractivity contribution in [2.24, 2.45) is 14.1 Å². The van der Waals surface area contributed by atoms with E-state index in [1.165, 1.54) is 0 Å². The summed E-state index contributed by atoms with van der Waals surface area (Å²) in [5, 5.41) is 14.2. The van der Waals surface area contributed by atoms with Gasteiger partial charge in [-0.15, -0.1) is 0 Å². The summed E-state index contributed by atoms with van der Waals surface area (Å²) in [6, 6.07) is 1.61. The van der Waals surface area contributed by atoms with Crippen LogP contribution in [0.15, 0.2) is 24.7 Å². The zero-order valence-corrected chi connectivity index (χ0v) is 11.5. The Bertz CT molecular complexity index is 829. The van der Waals surface area contributed by atoms with Crippen molar-refractivity contribution >= 4 is 17.0 Å². The first-order valence-electron chi connectivity index (χ1n) is 6.16. The average molecular weight is 270 g/mol. The van der Waals surface area contributed by atoms with Crippen molar-refractivity contribution in [3.8, 4) is 11.3 Å². The lowest BCUT2D eigenvalue weighted by Crippen LogP contribution is -2.01. The van der Waals surface area contributed by atoms with Crippen molar-refractivity contribution in [3.05, 3.63) is 35.8 Å². The van der Waals surface area contributed by atoms with E-state index in [1.807, 2.05) is 38.0 Å². The molecule has 0 saturated carbocycles. The van der Waals surface area contributed by atoms with E-state index in [0.717, 1.165) is 11.1 Å². The second-order valence-corrected chi connectivity index (χ2v) is 4.88. The summed E-state index contributed by atoms with van der Waals surface area (Å²) in [5.74, 6) is -0.947. The van der Waals surface area contributed by atoms with Gasteiger partial charge in [0.15, 0.2) is 0 Å². The largest absolute Gasteiger partial charge is 0.478 e. The number of aromatic carboxylic acids is 1. The summed E-state index contributed by atoms with van der Waals surface area (Å²) in [7, 11) is 3.67. The molecular weight excluding hydrogens is 256 g/mol. The van der Waals surface area contributed by atoms with Gasteiger partial charge in [0.25, 0.3) is 0 Å². The lowest BCUT2D eigenvalue weighted by molar-refractivity contribution is 0.0699. The summed E-state index contributed by atoms with van der Waals surface area (Å²) in [4.78, 5) is 16.1. The van der Waals surface area contributed by atoms with Gasteiger partial charge in [-0.2, -0.15) is 5.10 Å². The fraction of sp³-hybridized carbons (Fsp3) is 0.214. The minimum atomic E-state index is -0.947. The number of carboxylic acid groups (broad SMARTS) is 1. The Kier molecular flexibility index (Phi) is 2.60. The van der Waals surface area contributed by atoms with E-state index in [-0.39, 0.29) is 5.56 Å². The summed E-state index contributed by atoms with van der Waals surface area (Å²) in [6.07, 6.45) is 5.38. The van der Waals surface area contributed by atoms with E-state index in [4.69, 9.17) is 0 Å². The third-order valence-electron chi connectivity index (χ3n) is 3.35. The molecule has 0 radical (unpaired) electrons. The number of carboxylic acids is 1. The molecule has 0 aliphatic heterocycles. The van der Waals surface area contributed by atoms with Crippen LogP contribution < -0.4 is 0 Å². The molecule has 3 aromatic rings. The summed E-state index contributed by atoms with van der Waals surface area (Å²) in [6.45, 7) is 1.89. The molecule has 0 aromatic carbocycles. The predicted octanol–water partition coefficient (Wildman–Crippen LogP) is 1.98. The Labute approximate surface area is 115 Å². The number of aryl methyl sites for hydroxylation is 3. The molecule has 0 fully saturated rings. The van der Waals surface area contributed by atoms with Crippen LogP contribution in [0.2, 0.25) is 0 Å². The second kappa shape index (κ2) is 4.19.